The molecule has 0 saturated heterocycles. The average Bonchev–Trinajstić information content (AvgIpc) is 2.17. The second-order valence-electron chi connectivity index (χ2n) is 6.09. The molecule has 6 heteroatoms. The summed E-state index contributed by atoms with van der Waals surface area (Å²) in [5.41, 5.74) is -1.68. The zero-order chi connectivity index (χ0) is 15.0. The van der Waals surface area contributed by atoms with E-state index in [1.165, 1.54) is 0 Å². The fourth-order valence-corrected chi connectivity index (χ4v) is 1.23. The molecular formula is C13H18F3NO2. The lowest BCUT2D eigenvalue weighted by molar-refractivity contribution is 0.0960. The van der Waals surface area contributed by atoms with E-state index in [2.05, 4.69) is 4.98 Å². The van der Waals surface area contributed by atoms with Gasteiger partial charge >= 0.3 is 0 Å². The molecule has 1 aromatic rings. The van der Waals surface area contributed by atoms with E-state index in [0.717, 1.165) is 0 Å². The van der Waals surface area contributed by atoms with Gasteiger partial charge in [-0.15, -0.1) is 0 Å². The fourth-order valence-electron chi connectivity index (χ4n) is 1.23. The lowest BCUT2D eigenvalue weighted by atomic mass is 10.2. The Bertz CT molecular complexity index is 476. The Morgan fingerprint density at radius 3 is 1.68 bits per heavy atom. The smallest absolute Gasteiger partial charge is 0.257 e. The first-order valence-corrected chi connectivity index (χ1v) is 5.83. The molecule has 1 heterocycles. The number of halogens is 3. The van der Waals surface area contributed by atoms with Crippen LogP contribution in [-0.4, -0.2) is 16.2 Å². The molecular weight excluding hydrogens is 259 g/mol. The van der Waals surface area contributed by atoms with Crippen LogP contribution < -0.4 is 9.47 Å². The Hall–Kier alpha value is -1.46. The minimum Gasteiger partial charge on any atom is -0.482 e. The van der Waals surface area contributed by atoms with Crippen molar-refractivity contribution in [3.8, 4) is 11.6 Å². The summed E-state index contributed by atoms with van der Waals surface area (Å²) in [6.45, 7) is 9.69. The Morgan fingerprint density at radius 2 is 1.26 bits per heavy atom. The highest BCUT2D eigenvalue weighted by Gasteiger charge is 2.28. The molecule has 0 N–H and O–H groups in total. The molecule has 0 saturated carbocycles. The molecule has 0 bridgehead atoms. The van der Waals surface area contributed by atoms with Crippen molar-refractivity contribution in [1.82, 2.24) is 4.98 Å². The van der Waals surface area contributed by atoms with Gasteiger partial charge < -0.3 is 9.47 Å². The van der Waals surface area contributed by atoms with Crippen molar-refractivity contribution in [1.29, 1.82) is 0 Å². The molecule has 0 aliphatic heterocycles. The van der Waals surface area contributed by atoms with Gasteiger partial charge in [0.15, 0.2) is 0 Å². The molecule has 19 heavy (non-hydrogen) atoms. The average molecular weight is 277 g/mol. The Kier molecular flexibility index (Phi) is 4.03. The Morgan fingerprint density at radius 1 is 0.789 bits per heavy atom. The largest absolute Gasteiger partial charge is 0.482 e. The van der Waals surface area contributed by atoms with Crippen LogP contribution in [0.15, 0.2) is 0 Å². The predicted octanol–water partition coefficient (Wildman–Crippen LogP) is 3.85. The van der Waals surface area contributed by atoms with Crippen LogP contribution in [0, 0.1) is 17.6 Å². The number of aromatic nitrogens is 1. The van der Waals surface area contributed by atoms with Crippen LogP contribution in [0.4, 0.5) is 13.2 Å². The van der Waals surface area contributed by atoms with Gasteiger partial charge in [-0.25, -0.2) is 0 Å². The quantitative estimate of drug-likeness (QED) is 0.769. The molecule has 1 rings (SSSR count). The molecule has 0 aliphatic rings. The van der Waals surface area contributed by atoms with E-state index >= 15 is 0 Å². The summed E-state index contributed by atoms with van der Waals surface area (Å²) < 4.78 is 51.2. The molecule has 0 atom stereocenters. The number of ether oxygens (including phenoxy) is 2. The number of nitrogens with zero attached hydrogens (tertiary/aromatic N) is 1. The van der Waals surface area contributed by atoms with Crippen molar-refractivity contribution >= 4 is 0 Å². The van der Waals surface area contributed by atoms with Gasteiger partial charge in [-0.1, -0.05) is 0 Å². The molecule has 0 amide bonds. The topological polar surface area (TPSA) is 31.4 Å². The number of pyridine rings is 1. The van der Waals surface area contributed by atoms with Crippen molar-refractivity contribution in [2.75, 3.05) is 0 Å². The third-order valence-corrected chi connectivity index (χ3v) is 1.78. The minimum absolute atomic E-state index is 0.620. The van der Waals surface area contributed by atoms with E-state index in [1.54, 1.807) is 41.5 Å². The highest BCUT2D eigenvalue weighted by Crippen LogP contribution is 2.33. The second kappa shape index (κ2) is 4.90. The van der Waals surface area contributed by atoms with E-state index < -0.39 is 40.4 Å². The molecule has 0 radical (unpaired) electrons. The summed E-state index contributed by atoms with van der Waals surface area (Å²) in [7, 11) is 0. The highest BCUT2D eigenvalue weighted by molar-refractivity contribution is 5.32. The molecule has 3 nitrogen and oxygen atoms in total. The van der Waals surface area contributed by atoms with Crippen molar-refractivity contribution in [2.45, 2.75) is 52.7 Å². The zero-order valence-electron chi connectivity index (χ0n) is 11.9. The van der Waals surface area contributed by atoms with E-state index in [9.17, 15) is 13.2 Å². The van der Waals surface area contributed by atoms with Crippen LogP contribution in [0.25, 0.3) is 0 Å². The highest BCUT2D eigenvalue weighted by atomic mass is 19.2. The van der Waals surface area contributed by atoms with Gasteiger partial charge in [-0.05, 0) is 41.5 Å². The first kappa shape index (κ1) is 15.6. The van der Waals surface area contributed by atoms with Crippen LogP contribution in [0.2, 0.25) is 0 Å². The van der Waals surface area contributed by atoms with Crippen molar-refractivity contribution in [2.24, 2.45) is 0 Å². The normalized spacial score (nSPS) is 12.5. The van der Waals surface area contributed by atoms with Crippen LogP contribution in [-0.2, 0) is 0 Å². The molecule has 108 valence electrons. The van der Waals surface area contributed by atoms with Gasteiger partial charge in [-0.3, -0.25) is 0 Å². The lowest BCUT2D eigenvalue weighted by Crippen LogP contribution is -2.27. The van der Waals surface area contributed by atoms with Crippen LogP contribution in [0.1, 0.15) is 41.5 Å². The molecule has 0 aliphatic carbocycles. The van der Waals surface area contributed by atoms with E-state index in [0.29, 0.717) is 0 Å². The van der Waals surface area contributed by atoms with Crippen molar-refractivity contribution in [3.63, 3.8) is 0 Å². The van der Waals surface area contributed by atoms with Crippen molar-refractivity contribution in [3.05, 3.63) is 17.6 Å². The minimum atomic E-state index is -1.46. The van der Waals surface area contributed by atoms with E-state index in [-0.39, 0.29) is 0 Å². The Balaban J connectivity index is 3.30. The monoisotopic (exact) mass is 277 g/mol. The molecule has 1 aromatic heterocycles. The molecule has 0 spiro atoms. The van der Waals surface area contributed by atoms with Gasteiger partial charge in [0.1, 0.15) is 11.2 Å². The SMILES string of the molecule is CC(C)(C)Oc1nc(F)c(F)c(OC(C)(C)C)c1F. The predicted molar refractivity (Wildman–Crippen MR) is 64.9 cm³/mol. The number of rotatable bonds is 2. The third kappa shape index (κ3) is 4.29. The van der Waals surface area contributed by atoms with Gasteiger partial charge in [0.25, 0.3) is 11.8 Å². The van der Waals surface area contributed by atoms with Crippen molar-refractivity contribution < 1.29 is 22.6 Å². The van der Waals surface area contributed by atoms with Crippen LogP contribution in [0.3, 0.4) is 0 Å². The van der Waals surface area contributed by atoms with Crippen LogP contribution in [0.5, 0.6) is 11.6 Å². The third-order valence-electron chi connectivity index (χ3n) is 1.78. The maximum atomic E-state index is 14.1. The maximum Gasteiger partial charge on any atom is 0.257 e. The number of hydrogen-bond acceptors (Lipinski definition) is 3. The zero-order valence-corrected chi connectivity index (χ0v) is 11.9. The number of hydrogen-bond donors (Lipinski definition) is 0. The standard InChI is InChI=1S/C13H18F3NO2/c1-12(2,3)18-9-7(14)10(16)17-11(8(9)15)19-13(4,5)6/h1-6H3. The van der Waals surface area contributed by atoms with E-state index in [4.69, 9.17) is 9.47 Å². The van der Waals surface area contributed by atoms with Crippen LogP contribution >= 0.6 is 0 Å². The summed E-state index contributed by atoms with van der Waals surface area (Å²) in [6.07, 6.45) is 0. The summed E-state index contributed by atoms with van der Waals surface area (Å²) in [6, 6.07) is 0. The Labute approximate surface area is 110 Å². The van der Waals surface area contributed by atoms with Gasteiger partial charge in [0.05, 0.1) is 0 Å². The molecule has 0 unspecified atom stereocenters. The first-order valence-electron chi connectivity index (χ1n) is 5.83. The molecule has 0 fully saturated rings. The summed E-state index contributed by atoms with van der Waals surface area (Å²) in [5.74, 6) is -5.51. The van der Waals surface area contributed by atoms with E-state index in [1.807, 2.05) is 0 Å². The molecule has 0 aromatic carbocycles. The second-order valence-corrected chi connectivity index (χ2v) is 6.09. The van der Waals surface area contributed by atoms with Gasteiger partial charge in [-0.2, -0.15) is 18.2 Å². The fraction of sp³-hybridized carbons (Fsp3) is 0.615. The maximum absolute atomic E-state index is 14.1. The van der Waals surface area contributed by atoms with Gasteiger partial charge in [0.2, 0.25) is 17.4 Å². The summed E-state index contributed by atoms with van der Waals surface area (Å²) in [4.78, 5) is 3.13. The summed E-state index contributed by atoms with van der Waals surface area (Å²) in [5, 5.41) is 0. The first-order chi connectivity index (χ1) is 8.41. The summed E-state index contributed by atoms with van der Waals surface area (Å²) >= 11 is 0. The lowest BCUT2D eigenvalue weighted by Gasteiger charge is -2.24. The van der Waals surface area contributed by atoms with Gasteiger partial charge in [0, 0.05) is 0 Å².